The van der Waals surface area contributed by atoms with E-state index < -0.39 is 20.7 Å². The molecule has 0 aliphatic carbocycles. The summed E-state index contributed by atoms with van der Waals surface area (Å²) in [5, 5.41) is 0. The number of esters is 1. The highest BCUT2D eigenvalue weighted by molar-refractivity contribution is 7.96. The largest absolute Gasteiger partial charge is 0.500 e. The molecule has 104 valence electrons. The predicted molar refractivity (Wildman–Crippen MR) is 70.1 cm³/mol. The lowest BCUT2D eigenvalue weighted by molar-refractivity contribution is -0.135. The molecule has 1 aromatic carbocycles. The Morgan fingerprint density at radius 2 is 1.84 bits per heavy atom. The fourth-order valence-electron chi connectivity index (χ4n) is 1.33. The van der Waals surface area contributed by atoms with Crippen LogP contribution in [0.5, 0.6) is 0 Å². The second-order valence-corrected chi connectivity index (χ2v) is 5.66. The molecule has 0 fully saturated rings. The van der Waals surface area contributed by atoms with Crippen LogP contribution in [0.4, 0.5) is 0 Å². The lowest BCUT2D eigenvalue weighted by Gasteiger charge is -2.08. The zero-order valence-electron chi connectivity index (χ0n) is 11.0. The molecule has 0 amide bonds. The first-order chi connectivity index (χ1) is 8.93. The van der Waals surface area contributed by atoms with Crippen LogP contribution in [0.15, 0.2) is 40.3 Å². The minimum Gasteiger partial charge on any atom is -0.500 e. The number of aryl methyl sites for hydroxylation is 1. The highest BCUT2D eigenvalue weighted by Crippen LogP contribution is 2.20. The van der Waals surface area contributed by atoms with Crippen LogP contribution in [-0.4, -0.2) is 28.1 Å². The van der Waals surface area contributed by atoms with Crippen LogP contribution in [0.1, 0.15) is 12.5 Å². The standard InChI is InChI=1S/C13H16O5S/c1-4-18-9-12(13(14)17-3)19(15,16)11-7-5-10(2)6-8-11/h5-9H,4H2,1-3H3/b12-9+. The molecule has 0 spiro atoms. The molecule has 0 saturated carbocycles. The summed E-state index contributed by atoms with van der Waals surface area (Å²) >= 11 is 0. The number of hydrogen-bond acceptors (Lipinski definition) is 5. The highest BCUT2D eigenvalue weighted by Gasteiger charge is 2.28. The van der Waals surface area contributed by atoms with Gasteiger partial charge in [-0.05, 0) is 26.0 Å². The summed E-state index contributed by atoms with van der Waals surface area (Å²) in [6, 6.07) is 6.19. The van der Waals surface area contributed by atoms with Crippen molar-refractivity contribution in [3.05, 3.63) is 41.0 Å². The van der Waals surface area contributed by atoms with Crippen LogP contribution >= 0.6 is 0 Å². The van der Waals surface area contributed by atoms with Gasteiger partial charge in [0.2, 0.25) is 9.84 Å². The smallest absolute Gasteiger partial charge is 0.353 e. The Bertz CT molecular complexity index is 570. The minimum atomic E-state index is -3.94. The second-order valence-electron chi connectivity index (χ2n) is 3.75. The predicted octanol–water partition coefficient (Wildman–Crippen LogP) is 1.82. The van der Waals surface area contributed by atoms with Gasteiger partial charge in [-0.2, -0.15) is 0 Å². The Labute approximate surface area is 112 Å². The zero-order chi connectivity index (χ0) is 14.5. The summed E-state index contributed by atoms with van der Waals surface area (Å²) in [5.74, 6) is -0.950. The maximum Gasteiger partial charge on any atom is 0.353 e. The van der Waals surface area contributed by atoms with Crippen molar-refractivity contribution in [2.45, 2.75) is 18.7 Å². The van der Waals surface area contributed by atoms with E-state index in [1.807, 2.05) is 6.92 Å². The van der Waals surface area contributed by atoms with Gasteiger partial charge in [0.1, 0.15) is 6.26 Å². The molecule has 0 heterocycles. The lowest BCUT2D eigenvalue weighted by atomic mass is 10.2. The maximum absolute atomic E-state index is 12.3. The molecule has 1 rings (SSSR count). The Balaban J connectivity index is 3.27. The third-order valence-electron chi connectivity index (χ3n) is 2.36. The Hall–Kier alpha value is -1.82. The van der Waals surface area contributed by atoms with Crippen molar-refractivity contribution in [3.63, 3.8) is 0 Å². The second kappa shape index (κ2) is 6.38. The first-order valence-electron chi connectivity index (χ1n) is 5.65. The van der Waals surface area contributed by atoms with E-state index >= 15 is 0 Å². The van der Waals surface area contributed by atoms with Gasteiger partial charge in [-0.25, -0.2) is 13.2 Å². The van der Waals surface area contributed by atoms with Crippen LogP contribution in [0.25, 0.3) is 0 Å². The van der Waals surface area contributed by atoms with E-state index in [0.29, 0.717) is 0 Å². The number of carbonyl (C=O) groups is 1. The Morgan fingerprint density at radius 3 is 2.32 bits per heavy atom. The molecule has 0 aliphatic rings. The highest BCUT2D eigenvalue weighted by atomic mass is 32.2. The summed E-state index contributed by atoms with van der Waals surface area (Å²) in [5.41, 5.74) is 0.923. The van der Waals surface area contributed by atoms with Gasteiger partial charge >= 0.3 is 5.97 Å². The van der Waals surface area contributed by atoms with Crippen molar-refractivity contribution < 1.29 is 22.7 Å². The topological polar surface area (TPSA) is 69.7 Å². The van der Waals surface area contributed by atoms with Gasteiger partial charge in [0.15, 0.2) is 4.91 Å². The molecule has 0 N–H and O–H groups in total. The van der Waals surface area contributed by atoms with E-state index in [9.17, 15) is 13.2 Å². The first kappa shape index (κ1) is 15.2. The number of carbonyl (C=O) groups excluding carboxylic acids is 1. The van der Waals surface area contributed by atoms with E-state index in [1.54, 1.807) is 19.1 Å². The fourth-order valence-corrected chi connectivity index (χ4v) is 2.57. The SMILES string of the molecule is CCO/C=C(\C(=O)OC)S(=O)(=O)c1ccc(C)cc1. The minimum absolute atomic E-state index is 0.0226. The number of rotatable bonds is 5. The third-order valence-corrected chi connectivity index (χ3v) is 4.10. The molecule has 0 aromatic heterocycles. The van der Waals surface area contributed by atoms with Crippen molar-refractivity contribution in [1.29, 1.82) is 0 Å². The van der Waals surface area contributed by atoms with Crippen molar-refractivity contribution in [2.75, 3.05) is 13.7 Å². The number of sulfone groups is 1. The Morgan fingerprint density at radius 1 is 1.26 bits per heavy atom. The summed E-state index contributed by atoms with van der Waals surface area (Å²) in [6.07, 6.45) is 0.918. The number of hydrogen-bond donors (Lipinski definition) is 0. The normalized spacial score (nSPS) is 12.1. The molecule has 19 heavy (non-hydrogen) atoms. The van der Waals surface area contributed by atoms with E-state index in [-0.39, 0.29) is 11.5 Å². The molecule has 0 aliphatic heterocycles. The third kappa shape index (κ3) is 3.57. The molecule has 0 unspecified atom stereocenters. The summed E-state index contributed by atoms with van der Waals surface area (Å²) < 4.78 is 34.0. The molecule has 0 radical (unpaired) electrons. The quantitative estimate of drug-likeness (QED) is 0.468. The molecular formula is C13H16O5S. The average molecular weight is 284 g/mol. The van der Waals surface area contributed by atoms with Gasteiger partial charge < -0.3 is 9.47 Å². The zero-order valence-corrected chi connectivity index (χ0v) is 11.9. The number of ether oxygens (including phenoxy) is 2. The molecule has 0 bridgehead atoms. The van der Waals surface area contributed by atoms with Crippen molar-refractivity contribution >= 4 is 15.8 Å². The van der Waals surface area contributed by atoms with Crippen molar-refractivity contribution in [3.8, 4) is 0 Å². The summed E-state index contributed by atoms with van der Waals surface area (Å²) in [4.78, 5) is 11.1. The monoisotopic (exact) mass is 284 g/mol. The fraction of sp³-hybridized carbons (Fsp3) is 0.308. The lowest BCUT2D eigenvalue weighted by Crippen LogP contribution is -2.16. The van der Waals surface area contributed by atoms with Gasteiger partial charge in [0.05, 0.1) is 18.6 Å². The van der Waals surface area contributed by atoms with Gasteiger partial charge in [-0.1, -0.05) is 17.7 Å². The molecular weight excluding hydrogens is 268 g/mol. The van der Waals surface area contributed by atoms with Crippen molar-refractivity contribution in [1.82, 2.24) is 0 Å². The number of benzene rings is 1. The van der Waals surface area contributed by atoms with Crippen LogP contribution < -0.4 is 0 Å². The Kier molecular flexibility index (Phi) is 5.11. The van der Waals surface area contributed by atoms with E-state index in [4.69, 9.17) is 4.74 Å². The first-order valence-corrected chi connectivity index (χ1v) is 7.13. The molecule has 1 aromatic rings. The average Bonchev–Trinajstić information content (AvgIpc) is 2.39. The van der Waals surface area contributed by atoms with E-state index in [0.717, 1.165) is 18.9 Å². The number of methoxy groups -OCH3 is 1. The van der Waals surface area contributed by atoms with Crippen molar-refractivity contribution in [2.24, 2.45) is 0 Å². The van der Waals surface area contributed by atoms with Gasteiger partial charge in [-0.3, -0.25) is 0 Å². The van der Waals surface area contributed by atoms with Gasteiger partial charge in [-0.15, -0.1) is 0 Å². The van der Waals surface area contributed by atoms with E-state index in [2.05, 4.69) is 4.74 Å². The molecule has 5 nitrogen and oxygen atoms in total. The van der Waals surface area contributed by atoms with Crippen LogP contribution in [0.2, 0.25) is 0 Å². The van der Waals surface area contributed by atoms with E-state index in [1.165, 1.54) is 12.1 Å². The van der Waals surface area contributed by atoms with Gasteiger partial charge in [0.25, 0.3) is 0 Å². The van der Waals surface area contributed by atoms with Crippen LogP contribution in [-0.2, 0) is 24.1 Å². The summed E-state index contributed by atoms with van der Waals surface area (Å²) in [6.45, 7) is 3.78. The van der Waals surface area contributed by atoms with Gasteiger partial charge in [0, 0.05) is 0 Å². The molecule has 6 heteroatoms. The summed E-state index contributed by atoms with van der Waals surface area (Å²) in [7, 11) is -2.82. The molecule has 0 atom stereocenters. The van der Waals surface area contributed by atoms with Crippen LogP contribution in [0.3, 0.4) is 0 Å². The maximum atomic E-state index is 12.3. The van der Waals surface area contributed by atoms with Crippen LogP contribution in [0, 0.1) is 6.92 Å². The molecule has 0 saturated heterocycles.